The molecule has 0 radical (unpaired) electrons. The summed E-state index contributed by atoms with van der Waals surface area (Å²) < 4.78 is 9.68. The molecule has 0 saturated heterocycles. The van der Waals surface area contributed by atoms with Gasteiger partial charge in [0.1, 0.15) is 11.9 Å². The first kappa shape index (κ1) is 19.0. The fourth-order valence-corrected chi connectivity index (χ4v) is 3.12. The highest BCUT2D eigenvalue weighted by Gasteiger charge is 2.21. The normalized spacial score (nSPS) is 13.0. The third-order valence-corrected chi connectivity index (χ3v) is 4.34. The van der Waals surface area contributed by atoms with Gasteiger partial charge in [-0.3, -0.25) is 9.08 Å². The molecule has 0 aliphatic heterocycles. The van der Waals surface area contributed by atoms with Crippen LogP contribution in [0, 0.1) is 0 Å². The third-order valence-electron chi connectivity index (χ3n) is 4.34. The van der Waals surface area contributed by atoms with Gasteiger partial charge in [0.05, 0.1) is 17.5 Å². The fraction of sp³-hybridized carbons (Fsp3) is 0.350. The van der Waals surface area contributed by atoms with Gasteiger partial charge < -0.3 is 10.1 Å². The number of hydrogen-bond donors (Lipinski definition) is 1. The van der Waals surface area contributed by atoms with Crippen LogP contribution in [0.5, 0.6) is 0 Å². The van der Waals surface area contributed by atoms with E-state index in [1.165, 1.54) is 0 Å². The lowest BCUT2D eigenvalue weighted by molar-refractivity contribution is -0.0570. The molecule has 1 atom stereocenters. The molecule has 4 rings (SSSR count). The van der Waals surface area contributed by atoms with Crippen LogP contribution in [0.2, 0.25) is 0 Å². The lowest BCUT2D eigenvalue weighted by Crippen LogP contribution is -2.22. The molecule has 150 valence electrons. The average Bonchev–Trinajstić information content (AvgIpc) is 3.26. The van der Waals surface area contributed by atoms with Gasteiger partial charge in [0.15, 0.2) is 11.5 Å². The molecule has 29 heavy (non-hydrogen) atoms. The molecule has 0 fully saturated rings. The van der Waals surface area contributed by atoms with Crippen molar-refractivity contribution in [3.8, 4) is 11.3 Å². The minimum atomic E-state index is -0.260. The molecule has 0 bridgehead atoms. The molecule has 9 nitrogen and oxygen atoms in total. The van der Waals surface area contributed by atoms with Crippen molar-refractivity contribution in [2.45, 2.75) is 39.4 Å². The molecule has 0 amide bonds. The molecule has 0 aliphatic rings. The van der Waals surface area contributed by atoms with Crippen molar-refractivity contribution in [3.05, 3.63) is 48.7 Å². The minimum absolute atomic E-state index is 0.176. The Bertz CT molecular complexity index is 1140. The number of anilines is 2. The van der Waals surface area contributed by atoms with Crippen LogP contribution in [0.25, 0.3) is 16.9 Å². The number of aryl methyl sites for hydroxylation is 1. The quantitative estimate of drug-likeness (QED) is 0.555. The van der Waals surface area contributed by atoms with Gasteiger partial charge >= 0.3 is 0 Å². The van der Waals surface area contributed by atoms with Gasteiger partial charge in [0, 0.05) is 31.1 Å². The highest BCUT2D eigenvalue weighted by Crippen LogP contribution is 2.25. The number of nitrogens with zero attached hydrogens (tertiary/aromatic N) is 7. The molecule has 4 aromatic rings. The maximum absolute atomic E-state index is 6.02. The first-order valence-corrected chi connectivity index (χ1v) is 9.41. The van der Waals surface area contributed by atoms with Crippen LogP contribution in [0.15, 0.2) is 42.9 Å². The van der Waals surface area contributed by atoms with Crippen LogP contribution >= 0.6 is 0 Å². The second kappa shape index (κ2) is 7.25. The van der Waals surface area contributed by atoms with Gasteiger partial charge in [-0.15, -0.1) is 10.2 Å². The Morgan fingerprint density at radius 3 is 2.66 bits per heavy atom. The smallest absolute Gasteiger partial charge is 0.228 e. The second-order valence-electron chi connectivity index (χ2n) is 7.80. The van der Waals surface area contributed by atoms with Crippen molar-refractivity contribution in [2.24, 2.45) is 7.05 Å². The number of ether oxygens (including phenoxy) is 1. The Hall–Kier alpha value is -3.33. The fourth-order valence-electron chi connectivity index (χ4n) is 3.12. The average molecular weight is 392 g/mol. The van der Waals surface area contributed by atoms with Gasteiger partial charge in [-0.05, 0) is 45.9 Å². The van der Waals surface area contributed by atoms with Crippen LogP contribution in [0.1, 0.15) is 39.6 Å². The van der Waals surface area contributed by atoms with Crippen molar-refractivity contribution in [2.75, 3.05) is 5.32 Å². The zero-order valence-electron chi connectivity index (χ0n) is 17.2. The number of nitrogens with one attached hydrogen (secondary N) is 1. The molecular formula is C20H24N8O. The Labute approximate surface area is 168 Å². The molecule has 0 aromatic carbocycles. The molecular weight excluding hydrogens is 368 g/mol. The molecule has 1 unspecified atom stereocenters. The molecule has 0 aliphatic carbocycles. The van der Waals surface area contributed by atoms with Crippen LogP contribution in [0.3, 0.4) is 0 Å². The van der Waals surface area contributed by atoms with Gasteiger partial charge in [0.25, 0.3) is 0 Å². The summed E-state index contributed by atoms with van der Waals surface area (Å²) in [6.07, 6.45) is 5.20. The van der Waals surface area contributed by atoms with E-state index in [-0.39, 0.29) is 11.7 Å². The van der Waals surface area contributed by atoms with Crippen molar-refractivity contribution >= 4 is 17.4 Å². The minimum Gasteiger partial charge on any atom is -0.365 e. The first-order chi connectivity index (χ1) is 13.8. The maximum atomic E-state index is 6.02. The number of hydrogen-bond acceptors (Lipinski definition) is 7. The van der Waals surface area contributed by atoms with E-state index in [2.05, 4.69) is 30.6 Å². The number of fused-ring (bicyclic) bond motifs is 1. The lowest BCUT2D eigenvalue weighted by atomic mass is 10.2. The first-order valence-electron chi connectivity index (χ1n) is 9.41. The van der Waals surface area contributed by atoms with Crippen LogP contribution < -0.4 is 5.32 Å². The van der Waals surface area contributed by atoms with Crippen LogP contribution in [0.4, 0.5) is 11.8 Å². The van der Waals surface area contributed by atoms with Crippen LogP contribution in [-0.2, 0) is 11.8 Å². The van der Waals surface area contributed by atoms with Gasteiger partial charge in [-0.25, -0.2) is 9.97 Å². The number of pyridine rings is 1. The SMILES string of the molecule is CC(OC(C)(C)C)c1nnc2cc(-c3ccnc(Nc4ccnn4C)n3)ccn12. The van der Waals surface area contributed by atoms with Crippen molar-refractivity contribution < 1.29 is 4.74 Å². The van der Waals surface area contributed by atoms with E-state index in [4.69, 9.17) is 4.74 Å². The van der Waals surface area contributed by atoms with Crippen molar-refractivity contribution in [3.63, 3.8) is 0 Å². The summed E-state index contributed by atoms with van der Waals surface area (Å²) in [4.78, 5) is 8.90. The topological polar surface area (TPSA) is 95.0 Å². The van der Waals surface area contributed by atoms with Crippen molar-refractivity contribution in [1.82, 2.24) is 34.3 Å². The highest BCUT2D eigenvalue weighted by molar-refractivity contribution is 5.65. The molecule has 0 saturated carbocycles. The molecule has 4 heterocycles. The van der Waals surface area contributed by atoms with E-state index in [0.29, 0.717) is 5.95 Å². The van der Waals surface area contributed by atoms with Crippen LogP contribution in [-0.4, -0.2) is 39.9 Å². The molecule has 9 heteroatoms. The van der Waals surface area contributed by atoms with E-state index in [0.717, 1.165) is 28.5 Å². The summed E-state index contributed by atoms with van der Waals surface area (Å²) in [5.41, 5.74) is 2.19. The van der Waals surface area contributed by atoms with Crippen molar-refractivity contribution in [1.29, 1.82) is 0 Å². The van der Waals surface area contributed by atoms with E-state index in [9.17, 15) is 0 Å². The predicted octanol–water partition coefficient (Wildman–Crippen LogP) is 3.54. The Morgan fingerprint density at radius 2 is 1.93 bits per heavy atom. The molecule has 4 aromatic heterocycles. The van der Waals surface area contributed by atoms with E-state index in [1.54, 1.807) is 17.1 Å². The Morgan fingerprint density at radius 1 is 1.10 bits per heavy atom. The Kier molecular flexibility index (Phi) is 4.75. The second-order valence-corrected chi connectivity index (χ2v) is 7.80. The zero-order valence-corrected chi connectivity index (χ0v) is 17.2. The summed E-state index contributed by atoms with van der Waals surface area (Å²) in [6.45, 7) is 8.06. The summed E-state index contributed by atoms with van der Waals surface area (Å²) in [7, 11) is 1.85. The zero-order chi connectivity index (χ0) is 20.6. The van der Waals surface area contributed by atoms with E-state index >= 15 is 0 Å². The lowest BCUT2D eigenvalue weighted by Gasteiger charge is -2.24. The highest BCUT2D eigenvalue weighted by atomic mass is 16.5. The van der Waals surface area contributed by atoms with Gasteiger partial charge in [0.2, 0.25) is 5.95 Å². The molecule has 1 N–H and O–H groups in total. The number of rotatable bonds is 5. The van der Waals surface area contributed by atoms with E-state index < -0.39 is 0 Å². The van der Waals surface area contributed by atoms with Gasteiger partial charge in [-0.2, -0.15) is 5.10 Å². The summed E-state index contributed by atoms with van der Waals surface area (Å²) >= 11 is 0. The van der Waals surface area contributed by atoms with Gasteiger partial charge in [-0.1, -0.05) is 0 Å². The third kappa shape index (κ3) is 4.09. The van der Waals surface area contributed by atoms with E-state index in [1.807, 2.05) is 69.6 Å². The molecule has 0 spiro atoms. The standard InChI is InChI=1S/C20H24N8O/c1-13(29-20(2,3)4)18-26-25-17-12-14(8-11-28(17)18)15-6-9-21-19(23-15)24-16-7-10-22-27(16)5/h6-13H,1-5H3,(H,21,23,24). The predicted molar refractivity (Wildman–Crippen MR) is 110 cm³/mol. The number of aromatic nitrogens is 7. The monoisotopic (exact) mass is 392 g/mol. The maximum Gasteiger partial charge on any atom is 0.228 e. The summed E-state index contributed by atoms with van der Waals surface area (Å²) in [6, 6.07) is 7.67. The largest absolute Gasteiger partial charge is 0.365 e. The summed E-state index contributed by atoms with van der Waals surface area (Å²) in [5.74, 6) is 2.08. The Balaban J connectivity index is 1.62. The summed E-state index contributed by atoms with van der Waals surface area (Å²) in [5, 5.41) is 15.9.